The maximum atomic E-state index is 11.6. The van der Waals surface area contributed by atoms with Crippen molar-refractivity contribution in [3.63, 3.8) is 0 Å². The number of piperidine rings is 1. The lowest BCUT2D eigenvalue weighted by atomic mass is 10.1. The van der Waals surface area contributed by atoms with Gasteiger partial charge >= 0.3 is 0 Å². The molecule has 4 nitrogen and oxygen atoms in total. The van der Waals surface area contributed by atoms with Crippen molar-refractivity contribution in [3.05, 3.63) is 0 Å². The first-order chi connectivity index (χ1) is 7.09. The largest absolute Gasteiger partial charge is 0.371 e. The van der Waals surface area contributed by atoms with Gasteiger partial charge in [0.15, 0.2) is 0 Å². The van der Waals surface area contributed by atoms with Gasteiger partial charge in [-0.1, -0.05) is 13.8 Å². The van der Waals surface area contributed by atoms with Gasteiger partial charge in [0, 0.05) is 32.5 Å². The lowest BCUT2D eigenvalue weighted by Gasteiger charge is -2.26. The van der Waals surface area contributed by atoms with Crippen LogP contribution in [0.4, 0.5) is 0 Å². The van der Waals surface area contributed by atoms with E-state index >= 15 is 0 Å². The van der Waals surface area contributed by atoms with Gasteiger partial charge in [-0.25, -0.2) is 0 Å². The highest BCUT2D eigenvalue weighted by molar-refractivity contribution is 5.83. The minimum Gasteiger partial charge on any atom is -0.371 e. The number of ketones is 1. The van der Waals surface area contributed by atoms with Gasteiger partial charge in [-0.05, 0) is 5.92 Å². The summed E-state index contributed by atoms with van der Waals surface area (Å²) in [7, 11) is 0. The molecule has 0 saturated carbocycles. The highest BCUT2D eigenvalue weighted by Crippen LogP contribution is 2.06. The second kappa shape index (κ2) is 5.85. The number of carbonyl (C=O) groups is 2. The molecule has 1 aliphatic rings. The lowest BCUT2D eigenvalue weighted by Crippen LogP contribution is -2.40. The number of rotatable bonds is 4. The van der Waals surface area contributed by atoms with E-state index in [2.05, 4.69) is 0 Å². The summed E-state index contributed by atoms with van der Waals surface area (Å²) in [5.74, 6) is 0.700. The average molecular weight is 213 g/mol. The Morgan fingerprint density at radius 2 is 2.00 bits per heavy atom. The molecule has 0 aliphatic carbocycles. The molecule has 0 spiro atoms. The van der Waals surface area contributed by atoms with E-state index in [1.54, 1.807) is 4.90 Å². The fraction of sp³-hybridized carbons (Fsp3) is 0.818. The zero-order valence-electron chi connectivity index (χ0n) is 9.49. The third kappa shape index (κ3) is 4.42. The molecule has 1 fully saturated rings. The van der Waals surface area contributed by atoms with Gasteiger partial charge in [0.2, 0.25) is 5.91 Å². The average Bonchev–Trinajstić information content (AvgIpc) is 2.18. The van der Waals surface area contributed by atoms with E-state index in [1.165, 1.54) is 0 Å². The number of hydrogen-bond donors (Lipinski definition) is 0. The third-order valence-electron chi connectivity index (χ3n) is 2.35. The molecule has 1 aliphatic heterocycles. The minimum atomic E-state index is 0.00292. The first kappa shape index (κ1) is 12.2. The van der Waals surface area contributed by atoms with Gasteiger partial charge in [0.25, 0.3) is 0 Å². The zero-order valence-corrected chi connectivity index (χ0v) is 9.49. The van der Waals surface area contributed by atoms with E-state index in [-0.39, 0.29) is 18.3 Å². The standard InChI is InChI=1S/C11H19NO3/c1-9(2)7-15-8-11(14)12-5-3-10(13)4-6-12/h9H,3-8H2,1-2H3. The highest BCUT2D eigenvalue weighted by atomic mass is 16.5. The molecule has 0 N–H and O–H groups in total. The van der Waals surface area contributed by atoms with E-state index in [9.17, 15) is 9.59 Å². The van der Waals surface area contributed by atoms with Gasteiger partial charge in [-0.15, -0.1) is 0 Å². The molecule has 0 aromatic rings. The van der Waals surface area contributed by atoms with Crippen LogP contribution >= 0.6 is 0 Å². The summed E-state index contributed by atoms with van der Waals surface area (Å²) < 4.78 is 5.26. The molecule has 1 amide bonds. The first-order valence-electron chi connectivity index (χ1n) is 5.47. The monoisotopic (exact) mass is 213 g/mol. The van der Waals surface area contributed by atoms with E-state index in [0.717, 1.165) is 0 Å². The van der Waals surface area contributed by atoms with Crippen molar-refractivity contribution in [1.82, 2.24) is 4.90 Å². The Morgan fingerprint density at radius 1 is 1.40 bits per heavy atom. The van der Waals surface area contributed by atoms with Gasteiger partial charge in [0.05, 0.1) is 0 Å². The molecule has 4 heteroatoms. The first-order valence-corrected chi connectivity index (χ1v) is 5.47. The van der Waals surface area contributed by atoms with E-state index in [0.29, 0.717) is 38.5 Å². The molecule has 0 radical (unpaired) electrons. The predicted molar refractivity (Wildman–Crippen MR) is 56.5 cm³/mol. The Hall–Kier alpha value is -0.900. The summed E-state index contributed by atoms with van der Waals surface area (Å²) in [6.07, 6.45) is 0.992. The molecule has 15 heavy (non-hydrogen) atoms. The topological polar surface area (TPSA) is 46.6 Å². The van der Waals surface area contributed by atoms with Crippen molar-refractivity contribution in [1.29, 1.82) is 0 Å². The quantitative estimate of drug-likeness (QED) is 0.695. The maximum absolute atomic E-state index is 11.6. The molecular formula is C11H19NO3. The third-order valence-corrected chi connectivity index (χ3v) is 2.35. The second-order valence-electron chi connectivity index (χ2n) is 4.33. The van der Waals surface area contributed by atoms with Crippen LogP contribution in [0.25, 0.3) is 0 Å². The zero-order chi connectivity index (χ0) is 11.3. The summed E-state index contributed by atoms with van der Waals surface area (Å²) in [6, 6.07) is 0. The molecule has 0 unspecified atom stereocenters. The number of hydrogen-bond acceptors (Lipinski definition) is 3. The van der Waals surface area contributed by atoms with Crippen molar-refractivity contribution < 1.29 is 14.3 Å². The van der Waals surface area contributed by atoms with Gasteiger partial charge in [-0.2, -0.15) is 0 Å². The van der Waals surface area contributed by atoms with Crippen molar-refractivity contribution >= 4 is 11.7 Å². The summed E-state index contributed by atoms with van der Waals surface area (Å²) >= 11 is 0. The summed E-state index contributed by atoms with van der Waals surface area (Å²) in [5, 5.41) is 0. The smallest absolute Gasteiger partial charge is 0.248 e. The van der Waals surface area contributed by atoms with Crippen molar-refractivity contribution in [2.45, 2.75) is 26.7 Å². The molecule has 0 aromatic heterocycles. The SMILES string of the molecule is CC(C)COCC(=O)N1CCC(=O)CC1. The van der Waals surface area contributed by atoms with E-state index in [4.69, 9.17) is 4.74 Å². The van der Waals surface area contributed by atoms with Crippen LogP contribution in [0.15, 0.2) is 0 Å². The Bertz CT molecular complexity index is 228. The van der Waals surface area contributed by atoms with Crippen LogP contribution in [-0.2, 0) is 14.3 Å². The molecule has 1 rings (SSSR count). The Balaban J connectivity index is 2.19. The number of carbonyl (C=O) groups excluding carboxylic acids is 2. The van der Waals surface area contributed by atoms with Crippen molar-refractivity contribution in [2.75, 3.05) is 26.3 Å². The van der Waals surface area contributed by atoms with Crippen molar-refractivity contribution in [2.24, 2.45) is 5.92 Å². The number of amides is 1. The van der Waals surface area contributed by atoms with Gasteiger partial charge in [0.1, 0.15) is 12.4 Å². The van der Waals surface area contributed by atoms with Gasteiger partial charge in [-0.3, -0.25) is 9.59 Å². The molecule has 1 heterocycles. The number of ether oxygens (including phenoxy) is 1. The minimum absolute atomic E-state index is 0.00292. The normalized spacial score (nSPS) is 17.3. The maximum Gasteiger partial charge on any atom is 0.248 e. The van der Waals surface area contributed by atoms with Crippen molar-refractivity contribution in [3.8, 4) is 0 Å². The van der Waals surface area contributed by atoms with E-state index in [1.807, 2.05) is 13.8 Å². The Kier molecular flexibility index (Phi) is 4.75. The molecular weight excluding hydrogens is 194 g/mol. The summed E-state index contributed by atoms with van der Waals surface area (Å²) in [4.78, 5) is 24.3. The van der Waals surface area contributed by atoms with Crippen LogP contribution in [0.3, 0.4) is 0 Å². The second-order valence-corrected chi connectivity index (χ2v) is 4.33. The van der Waals surface area contributed by atoms with Crippen LogP contribution in [-0.4, -0.2) is 42.9 Å². The fourth-order valence-corrected chi connectivity index (χ4v) is 1.48. The molecule has 0 aromatic carbocycles. The van der Waals surface area contributed by atoms with Crippen LogP contribution in [0.2, 0.25) is 0 Å². The summed E-state index contributed by atoms with van der Waals surface area (Å²) in [5.41, 5.74) is 0. The lowest BCUT2D eigenvalue weighted by molar-refractivity contribution is -0.139. The number of nitrogens with zero attached hydrogens (tertiary/aromatic N) is 1. The molecule has 86 valence electrons. The van der Waals surface area contributed by atoms with Crippen LogP contribution in [0.1, 0.15) is 26.7 Å². The highest BCUT2D eigenvalue weighted by Gasteiger charge is 2.20. The summed E-state index contributed by atoms with van der Waals surface area (Å²) in [6.45, 7) is 5.96. The molecule has 1 saturated heterocycles. The Labute approximate surface area is 90.6 Å². The Morgan fingerprint density at radius 3 is 2.53 bits per heavy atom. The number of likely N-dealkylation sites (tertiary alicyclic amines) is 1. The van der Waals surface area contributed by atoms with Gasteiger partial charge < -0.3 is 9.64 Å². The van der Waals surface area contributed by atoms with Crippen LogP contribution in [0, 0.1) is 5.92 Å². The molecule has 0 atom stereocenters. The predicted octanol–water partition coefficient (Wildman–Crippen LogP) is 0.851. The van der Waals surface area contributed by atoms with Crippen LogP contribution < -0.4 is 0 Å². The number of Topliss-reactive ketones (excluding diaryl/α,β-unsaturated/α-hetero) is 1. The fourth-order valence-electron chi connectivity index (χ4n) is 1.48. The van der Waals surface area contributed by atoms with E-state index < -0.39 is 0 Å². The van der Waals surface area contributed by atoms with Crippen LogP contribution in [0.5, 0.6) is 0 Å². The molecule has 0 bridgehead atoms.